The number of hydrogen-bond donors (Lipinski definition) is 4. The SMILES string of the molecule is COc1c(O)ccc(/C=N/Nc2nc3nonc3nc2NNc2ccc(C)cc2)c1[N+](=O)[O-]. The molecule has 0 aliphatic carbocycles. The Kier molecular flexibility index (Phi) is 5.79. The van der Waals surface area contributed by atoms with Crippen molar-refractivity contribution >= 4 is 40.5 Å². The number of nitrogens with one attached hydrogen (secondary N) is 3. The minimum absolute atomic E-state index is 0.0894. The molecule has 4 N–H and O–H groups in total. The van der Waals surface area contributed by atoms with Gasteiger partial charge in [-0.2, -0.15) is 15.1 Å². The molecule has 14 nitrogen and oxygen atoms in total. The molecule has 0 saturated heterocycles. The van der Waals surface area contributed by atoms with Gasteiger partial charge in [-0.15, -0.1) is 0 Å². The van der Waals surface area contributed by atoms with Gasteiger partial charge in [0.15, 0.2) is 17.4 Å². The molecule has 4 aromatic rings. The summed E-state index contributed by atoms with van der Waals surface area (Å²) in [5.74, 6) is -0.280. The third kappa shape index (κ3) is 4.53. The van der Waals surface area contributed by atoms with Gasteiger partial charge >= 0.3 is 5.69 Å². The number of hydrazone groups is 1. The summed E-state index contributed by atoms with van der Waals surface area (Å²) < 4.78 is 9.59. The number of rotatable bonds is 8. The molecule has 0 spiro atoms. The molecular formula is C19H17N9O5. The Balaban J connectivity index is 1.60. The van der Waals surface area contributed by atoms with Crippen LogP contribution in [0.4, 0.5) is 23.0 Å². The lowest BCUT2D eigenvalue weighted by Crippen LogP contribution is -2.13. The summed E-state index contributed by atoms with van der Waals surface area (Å²) in [6.45, 7) is 1.97. The first-order valence-corrected chi connectivity index (χ1v) is 9.38. The summed E-state index contributed by atoms with van der Waals surface area (Å²) in [5, 5.41) is 32.6. The quantitative estimate of drug-likeness (QED) is 0.175. The number of hydrazine groups is 1. The van der Waals surface area contributed by atoms with Gasteiger partial charge in [0, 0.05) is 0 Å². The Morgan fingerprint density at radius 1 is 1.09 bits per heavy atom. The Labute approximate surface area is 185 Å². The third-order valence-corrected chi connectivity index (χ3v) is 4.39. The van der Waals surface area contributed by atoms with Crippen molar-refractivity contribution in [1.29, 1.82) is 0 Å². The summed E-state index contributed by atoms with van der Waals surface area (Å²) in [7, 11) is 1.22. The lowest BCUT2D eigenvalue weighted by atomic mass is 10.1. The third-order valence-electron chi connectivity index (χ3n) is 4.39. The van der Waals surface area contributed by atoms with Crippen LogP contribution in [0, 0.1) is 17.0 Å². The number of aryl methyl sites for hydroxylation is 1. The number of nitro benzene ring substituents is 1. The zero-order chi connectivity index (χ0) is 23.4. The van der Waals surface area contributed by atoms with Gasteiger partial charge < -0.3 is 9.84 Å². The predicted octanol–water partition coefficient (Wildman–Crippen LogP) is 2.83. The molecule has 2 aromatic heterocycles. The summed E-state index contributed by atoms with van der Waals surface area (Å²) in [6, 6.07) is 10.2. The smallest absolute Gasteiger partial charge is 0.323 e. The lowest BCUT2D eigenvalue weighted by molar-refractivity contribution is -0.385. The second kappa shape index (κ2) is 9.01. The number of hydrogen-bond acceptors (Lipinski definition) is 13. The fourth-order valence-electron chi connectivity index (χ4n) is 2.80. The van der Waals surface area contributed by atoms with Crippen LogP contribution < -0.4 is 21.0 Å². The Morgan fingerprint density at radius 2 is 1.79 bits per heavy atom. The minimum Gasteiger partial charge on any atom is -0.504 e. The Hall–Kier alpha value is -5.01. The van der Waals surface area contributed by atoms with E-state index in [9.17, 15) is 15.2 Å². The van der Waals surface area contributed by atoms with E-state index in [0.29, 0.717) is 0 Å². The molecule has 0 fully saturated rings. The van der Waals surface area contributed by atoms with Crippen LogP contribution in [0.15, 0.2) is 46.1 Å². The number of aromatic nitrogens is 4. The number of fused-ring (bicyclic) bond motifs is 1. The zero-order valence-electron chi connectivity index (χ0n) is 17.3. The monoisotopic (exact) mass is 451 g/mol. The predicted molar refractivity (Wildman–Crippen MR) is 118 cm³/mol. The highest BCUT2D eigenvalue weighted by molar-refractivity contribution is 5.89. The average molecular weight is 451 g/mol. The van der Waals surface area contributed by atoms with Crippen molar-refractivity contribution in [1.82, 2.24) is 20.3 Å². The van der Waals surface area contributed by atoms with Crippen molar-refractivity contribution in [2.75, 3.05) is 23.4 Å². The van der Waals surface area contributed by atoms with E-state index in [0.717, 1.165) is 11.3 Å². The molecule has 33 heavy (non-hydrogen) atoms. The molecule has 2 heterocycles. The van der Waals surface area contributed by atoms with E-state index in [2.05, 4.69) is 46.3 Å². The van der Waals surface area contributed by atoms with Gasteiger partial charge in [0.25, 0.3) is 0 Å². The highest BCUT2D eigenvalue weighted by Crippen LogP contribution is 2.38. The topological polar surface area (TPSA) is 186 Å². The summed E-state index contributed by atoms with van der Waals surface area (Å²) in [6.07, 6.45) is 1.18. The fourth-order valence-corrected chi connectivity index (χ4v) is 2.80. The van der Waals surface area contributed by atoms with Gasteiger partial charge in [-0.05, 0) is 41.5 Å². The van der Waals surface area contributed by atoms with Gasteiger partial charge in [-0.25, -0.2) is 4.63 Å². The van der Waals surface area contributed by atoms with Crippen LogP contribution >= 0.6 is 0 Å². The van der Waals surface area contributed by atoms with Gasteiger partial charge in [-0.3, -0.25) is 26.4 Å². The fraction of sp³-hybridized carbons (Fsp3) is 0.105. The summed E-state index contributed by atoms with van der Waals surface area (Å²) in [5.41, 5.74) is 10.4. The first-order valence-electron chi connectivity index (χ1n) is 9.38. The molecule has 0 atom stereocenters. The maximum absolute atomic E-state index is 11.5. The van der Waals surface area contributed by atoms with E-state index >= 15 is 0 Å². The van der Waals surface area contributed by atoms with Gasteiger partial charge in [0.1, 0.15) is 0 Å². The first kappa shape index (κ1) is 21.2. The van der Waals surface area contributed by atoms with Crippen LogP contribution in [0.2, 0.25) is 0 Å². The number of anilines is 3. The second-order valence-corrected chi connectivity index (χ2v) is 6.63. The van der Waals surface area contributed by atoms with Crippen molar-refractivity contribution in [2.45, 2.75) is 6.92 Å². The molecule has 168 valence electrons. The molecule has 0 saturated carbocycles. The van der Waals surface area contributed by atoms with Crippen molar-refractivity contribution in [2.24, 2.45) is 5.10 Å². The molecule has 0 aliphatic rings. The van der Waals surface area contributed by atoms with Gasteiger partial charge in [0.2, 0.25) is 17.0 Å². The van der Waals surface area contributed by atoms with Crippen molar-refractivity contribution < 1.29 is 19.4 Å². The number of phenols is 1. The molecule has 0 bridgehead atoms. The van der Waals surface area contributed by atoms with E-state index in [4.69, 9.17) is 4.74 Å². The maximum Gasteiger partial charge on any atom is 0.323 e. The van der Waals surface area contributed by atoms with E-state index in [1.807, 2.05) is 31.2 Å². The number of nitro groups is 1. The maximum atomic E-state index is 11.5. The molecule has 14 heteroatoms. The van der Waals surface area contributed by atoms with Crippen molar-refractivity contribution in [3.05, 3.63) is 57.6 Å². The molecule has 0 unspecified atom stereocenters. The molecular weight excluding hydrogens is 434 g/mol. The average Bonchev–Trinajstić information content (AvgIpc) is 3.26. The summed E-state index contributed by atoms with van der Waals surface area (Å²) >= 11 is 0. The van der Waals surface area contributed by atoms with E-state index in [-0.39, 0.29) is 40.0 Å². The lowest BCUT2D eigenvalue weighted by Gasteiger charge is -2.11. The molecule has 2 aromatic carbocycles. The van der Waals surface area contributed by atoms with Crippen LogP contribution in [-0.2, 0) is 0 Å². The van der Waals surface area contributed by atoms with E-state index in [1.54, 1.807) is 0 Å². The van der Waals surface area contributed by atoms with Gasteiger partial charge in [0.05, 0.1) is 29.5 Å². The molecule has 0 aliphatic heterocycles. The second-order valence-electron chi connectivity index (χ2n) is 6.63. The van der Waals surface area contributed by atoms with E-state index in [1.165, 1.54) is 25.5 Å². The standard InChI is InChI=1S/C19H17N9O5/c1-10-3-6-12(7-4-10)23-25-17-16(21-18-19(22-17)27-33-26-18)24-20-9-11-5-8-13(29)15(32-2)14(11)28(30)31/h3-9,23,29H,1-2H3,(H,21,24,26)(H,22,25,27)/b20-9+. The van der Waals surface area contributed by atoms with Crippen LogP contribution in [0.1, 0.15) is 11.1 Å². The molecule has 4 rings (SSSR count). The highest BCUT2D eigenvalue weighted by atomic mass is 16.6. The van der Waals surface area contributed by atoms with Crippen LogP contribution in [0.3, 0.4) is 0 Å². The first-order chi connectivity index (χ1) is 16.0. The van der Waals surface area contributed by atoms with Crippen molar-refractivity contribution in [3.8, 4) is 11.5 Å². The Morgan fingerprint density at radius 3 is 2.45 bits per heavy atom. The number of methoxy groups -OCH3 is 1. The van der Waals surface area contributed by atoms with Crippen LogP contribution in [0.25, 0.3) is 11.3 Å². The zero-order valence-corrected chi connectivity index (χ0v) is 17.3. The van der Waals surface area contributed by atoms with Crippen LogP contribution in [-0.4, -0.2) is 43.6 Å². The number of nitrogens with zero attached hydrogens (tertiary/aromatic N) is 6. The Bertz CT molecular complexity index is 1340. The summed E-state index contributed by atoms with van der Waals surface area (Å²) in [4.78, 5) is 19.3. The normalized spacial score (nSPS) is 11.0. The number of phenolic OH excluding ortho intramolecular Hbond substituents is 1. The number of ether oxygens (including phenoxy) is 1. The highest BCUT2D eigenvalue weighted by Gasteiger charge is 2.23. The number of benzene rings is 2. The van der Waals surface area contributed by atoms with Crippen LogP contribution in [0.5, 0.6) is 11.5 Å². The molecule has 0 radical (unpaired) electrons. The number of aromatic hydroxyl groups is 1. The largest absolute Gasteiger partial charge is 0.504 e. The van der Waals surface area contributed by atoms with Crippen molar-refractivity contribution in [3.63, 3.8) is 0 Å². The molecule has 0 amide bonds. The minimum atomic E-state index is -0.675. The van der Waals surface area contributed by atoms with E-state index < -0.39 is 10.6 Å². The van der Waals surface area contributed by atoms with Gasteiger partial charge in [-0.1, -0.05) is 17.7 Å².